The zero-order chi connectivity index (χ0) is 13.3. The molecule has 0 aliphatic heterocycles. The zero-order valence-corrected chi connectivity index (χ0v) is 12.8. The number of benzene rings is 1. The van der Waals surface area contributed by atoms with E-state index in [9.17, 15) is 0 Å². The average molecular weight is 321 g/mol. The molecule has 0 bridgehead atoms. The van der Waals surface area contributed by atoms with Crippen LogP contribution >= 0.6 is 46.1 Å². The molecule has 0 spiro atoms. The molecule has 0 aliphatic carbocycles. The lowest BCUT2D eigenvalue weighted by Crippen LogP contribution is -2.13. The van der Waals surface area contributed by atoms with Crippen LogP contribution in [0.3, 0.4) is 0 Å². The van der Waals surface area contributed by atoms with Gasteiger partial charge in [-0.3, -0.25) is 0 Å². The molecule has 5 heteroatoms. The van der Waals surface area contributed by atoms with Gasteiger partial charge in [0.25, 0.3) is 0 Å². The van der Waals surface area contributed by atoms with E-state index in [0.29, 0.717) is 16.5 Å². The third kappa shape index (κ3) is 2.84. The van der Waals surface area contributed by atoms with Gasteiger partial charge in [0.05, 0.1) is 5.02 Å². The molecular weight excluding hydrogens is 309 g/mol. The number of hydrogen-bond donors (Lipinski definition) is 1. The minimum atomic E-state index is -0.186. The molecule has 0 saturated heterocycles. The zero-order valence-electron chi connectivity index (χ0n) is 9.71. The highest BCUT2D eigenvalue weighted by Crippen LogP contribution is 2.35. The van der Waals surface area contributed by atoms with Crippen molar-refractivity contribution in [3.8, 4) is 0 Å². The Morgan fingerprint density at radius 2 is 1.83 bits per heavy atom. The van der Waals surface area contributed by atoms with Crippen LogP contribution in [0.1, 0.15) is 22.0 Å². The molecule has 1 atom stereocenters. The van der Waals surface area contributed by atoms with Crippen molar-refractivity contribution < 1.29 is 0 Å². The first kappa shape index (κ1) is 14.2. The van der Waals surface area contributed by atoms with Crippen LogP contribution < -0.4 is 5.73 Å². The minimum absolute atomic E-state index is 0.186. The minimum Gasteiger partial charge on any atom is -0.323 e. The predicted octanol–water partition coefficient (Wildman–Crippen LogP) is 5.26. The fraction of sp³-hybridized carbons (Fsp3) is 0.231. The fourth-order valence-electron chi connectivity index (χ4n) is 1.74. The molecule has 0 aliphatic rings. The standard InChI is InChI=1S/C13H12Cl3NS/c1-7-6-18-13(12(7)16)11(17)5-8-9(14)3-2-4-10(8)15/h2-4,6,11H,5,17H2,1H3. The maximum Gasteiger partial charge on any atom is 0.0590 e. The van der Waals surface area contributed by atoms with Crippen LogP contribution in [-0.2, 0) is 6.42 Å². The Bertz CT molecular complexity index is 545. The average Bonchev–Trinajstić information content (AvgIpc) is 2.65. The Balaban J connectivity index is 2.27. The molecule has 0 fully saturated rings. The molecule has 0 saturated carbocycles. The van der Waals surface area contributed by atoms with Crippen LogP contribution in [0.5, 0.6) is 0 Å². The molecule has 0 radical (unpaired) electrons. The van der Waals surface area contributed by atoms with Crippen LogP contribution in [0.2, 0.25) is 15.1 Å². The molecule has 2 rings (SSSR count). The summed E-state index contributed by atoms with van der Waals surface area (Å²) in [5.74, 6) is 0. The summed E-state index contributed by atoms with van der Waals surface area (Å²) >= 11 is 20.1. The fourth-order valence-corrected chi connectivity index (χ4v) is 3.63. The van der Waals surface area contributed by atoms with Crippen molar-refractivity contribution in [2.24, 2.45) is 5.73 Å². The predicted molar refractivity (Wildman–Crippen MR) is 81.2 cm³/mol. The summed E-state index contributed by atoms with van der Waals surface area (Å²) in [6.45, 7) is 1.97. The lowest BCUT2D eigenvalue weighted by Gasteiger charge is -2.13. The van der Waals surface area contributed by atoms with Gasteiger partial charge in [-0.25, -0.2) is 0 Å². The Morgan fingerprint density at radius 1 is 1.22 bits per heavy atom. The van der Waals surface area contributed by atoms with E-state index in [0.717, 1.165) is 21.0 Å². The van der Waals surface area contributed by atoms with Gasteiger partial charge in [0.2, 0.25) is 0 Å². The van der Waals surface area contributed by atoms with Crippen molar-refractivity contribution >= 4 is 46.1 Å². The van der Waals surface area contributed by atoms with Crippen LogP contribution in [0.25, 0.3) is 0 Å². The van der Waals surface area contributed by atoms with Gasteiger partial charge in [0.1, 0.15) is 0 Å². The highest BCUT2D eigenvalue weighted by molar-refractivity contribution is 7.10. The van der Waals surface area contributed by atoms with Gasteiger partial charge in [-0.1, -0.05) is 40.9 Å². The van der Waals surface area contributed by atoms with E-state index in [2.05, 4.69) is 0 Å². The molecule has 1 nitrogen and oxygen atoms in total. The molecule has 1 aromatic heterocycles. The van der Waals surface area contributed by atoms with Crippen LogP contribution in [0.4, 0.5) is 0 Å². The molecular formula is C13H12Cl3NS. The highest BCUT2D eigenvalue weighted by atomic mass is 35.5. The van der Waals surface area contributed by atoms with Gasteiger partial charge >= 0.3 is 0 Å². The molecule has 1 heterocycles. The highest BCUT2D eigenvalue weighted by Gasteiger charge is 2.17. The van der Waals surface area contributed by atoms with Gasteiger partial charge in [0.15, 0.2) is 0 Å². The molecule has 1 unspecified atom stereocenters. The summed E-state index contributed by atoms with van der Waals surface area (Å²) in [6.07, 6.45) is 0.582. The summed E-state index contributed by atoms with van der Waals surface area (Å²) < 4.78 is 0. The second-order valence-corrected chi connectivity index (χ2v) is 6.21. The molecule has 2 N–H and O–H groups in total. The quantitative estimate of drug-likeness (QED) is 0.820. The van der Waals surface area contributed by atoms with E-state index in [-0.39, 0.29) is 6.04 Å². The molecule has 18 heavy (non-hydrogen) atoms. The Hall–Kier alpha value is -0.250. The normalized spacial score (nSPS) is 12.7. The van der Waals surface area contributed by atoms with E-state index in [1.807, 2.05) is 30.5 Å². The van der Waals surface area contributed by atoms with Crippen molar-refractivity contribution in [2.45, 2.75) is 19.4 Å². The number of halogens is 3. The maximum atomic E-state index is 6.21. The number of aryl methyl sites for hydroxylation is 1. The number of hydrogen-bond acceptors (Lipinski definition) is 2. The summed E-state index contributed by atoms with van der Waals surface area (Å²) in [6, 6.07) is 5.27. The molecule has 1 aromatic carbocycles. The van der Waals surface area contributed by atoms with Crippen LogP contribution in [-0.4, -0.2) is 0 Å². The third-order valence-electron chi connectivity index (χ3n) is 2.75. The number of thiophene rings is 1. The van der Waals surface area contributed by atoms with Crippen LogP contribution in [0, 0.1) is 6.92 Å². The Morgan fingerprint density at radius 3 is 2.33 bits per heavy atom. The van der Waals surface area contributed by atoms with Gasteiger partial charge < -0.3 is 5.73 Å². The smallest absolute Gasteiger partial charge is 0.0590 e. The Labute approximate surface area is 125 Å². The van der Waals surface area contributed by atoms with Crippen molar-refractivity contribution in [3.05, 3.63) is 54.7 Å². The lowest BCUT2D eigenvalue weighted by atomic mass is 10.0. The second-order valence-electron chi connectivity index (χ2n) is 4.11. The van der Waals surface area contributed by atoms with Gasteiger partial charge in [-0.05, 0) is 42.0 Å². The molecule has 96 valence electrons. The van der Waals surface area contributed by atoms with Crippen molar-refractivity contribution in [3.63, 3.8) is 0 Å². The van der Waals surface area contributed by atoms with Crippen LogP contribution in [0.15, 0.2) is 23.6 Å². The largest absolute Gasteiger partial charge is 0.323 e. The van der Waals surface area contributed by atoms with E-state index < -0.39 is 0 Å². The monoisotopic (exact) mass is 319 g/mol. The van der Waals surface area contributed by atoms with Gasteiger partial charge in [-0.15, -0.1) is 11.3 Å². The van der Waals surface area contributed by atoms with E-state index in [4.69, 9.17) is 40.5 Å². The summed E-state index contributed by atoms with van der Waals surface area (Å²) in [5, 5.41) is 4.03. The molecule has 0 amide bonds. The summed E-state index contributed by atoms with van der Waals surface area (Å²) in [7, 11) is 0. The topological polar surface area (TPSA) is 26.0 Å². The Kier molecular flexibility index (Phi) is 4.57. The van der Waals surface area contributed by atoms with Gasteiger partial charge in [0, 0.05) is 21.0 Å². The first-order valence-corrected chi connectivity index (χ1v) is 7.44. The number of rotatable bonds is 3. The molecule has 2 aromatic rings. The van der Waals surface area contributed by atoms with E-state index in [1.54, 1.807) is 11.3 Å². The van der Waals surface area contributed by atoms with Crippen molar-refractivity contribution in [2.75, 3.05) is 0 Å². The van der Waals surface area contributed by atoms with E-state index >= 15 is 0 Å². The SMILES string of the molecule is Cc1csc(C(N)Cc2c(Cl)cccc2Cl)c1Cl. The van der Waals surface area contributed by atoms with Crippen molar-refractivity contribution in [1.29, 1.82) is 0 Å². The summed E-state index contributed by atoms with van der Waals surface area (Å²) in [4.78, 5) is 0.977. The summed E-state index contributed by atoms with van der Waals surface area (Å²) in [5.41, 5.74) is 8.11. The first-order valence-electron chi connectivity index (χ1n) is 5.42. The lowest BCUT2D eigenvalue weighted by molar-refractivity contribution is 0.736. The van der Waals surface area contributed by atoms with Gasteiger partial charge in [-0.2, -0.15) is 0 Å². The van der Waals surface area contributed by atoms with Crippen molar-refractivity contribution in [1.82, 2.24) is 0 Å². The number of nitrogens with two attached hydrogens (primary N) is 1. The first-order chi connectivity index (χ1) is 8.50. The maximum absolute atomic E-state index is 6.21. The van der Waals surface area contributed by atoms with E-state index in [1.165, 1.54) is 0 Å². The third-order valence-corrected chi connectivity index (χ3v) is 5.30. The second kappa shape index (κ2) is 5.81.